The second kappa shape index (κ2) is 12.2. The van der Waals surface area contributed by atoms with Crippen LogP contribution in [-0.2, 0) is 4.79 Å². The van der Waals surface area contributed by atoms with Crippen LogP contribution >= 0.6 is 11.6 Å². The monoisotopic (exact) mass is 598 g/mol. The van der Waals surface area contributed by atoms with Crippen LogP contribution in [0.4, 0.5) is 10.5 Å². The summed E-state index contributed by atoms with van der Waals surface area (Å²) in [7, 11) is 3.08. The van der Waals surface area contributed by atoms with E-state index in [4.69, 9.17) is 21.1 Å². The minimum atomic E-state index is -1.86. The summed E-state index contributed by atoms with van der Waals surface area (Å²) in [6, 6.07) is 27.5. The Morgan fingerprint density at radius 2 is 1.33 bits per heavy atom. The van der Waals surface area contributed by atoms with Crippen molar-refractivity contribution in [3.8, 4) is 11.5 Å². The molecule has 1 saturated heterocycles. The van der Waals surface area contributed by atoms with Gasteiger partial charge in [0.05, 0.1) is 26.2 Å². The molecule has 1 heterocycles. The van der Waals surface area contributed by atoms with Gasteiger partial charge in [0.1, 0.15) is 17.0 Å². The number of benzene rings is 4. The number of nitrogens with zero attached hydrogens (tertiary/aromatic N) is 1. The highest BCUT2D eigenvalue weighted by atomic mass is 35.5. The summed E-state index contributed by atoms with van der Waals surface area (Å²) in [6.45, 7) is 1.50. The molecule has 0 radical (unpaired) electrons. The predicted molar refractivity (Wildman–Crippen MR) is 164 cm³/mol. The van der Waals surface area contributed by atoms with Crippen molar-refractivity contribution in [2.24, 2.45) is 5.92 Å². The number of Topliss-reactive ketones (excluding diaryl/α,β-unsaturated/α-hetero) is 1. The molecule has 0 aliphatic carbocycles. The molecular formula is C34H31ClN2O6. The van der Waals surface area contributed by atoms with E-state index in [1.54, 1.807) is 110 Å². The predicted octanol–water partition coefficient (Wildman–Crippen LogP) is 7.07. The Morgan fingerprint density at radius 3 is 1.86 bits per heavy atom. The highest BCUT2D eigenvalue weighted by Gasteiger charge is 2.65. The number of ether oxygens (including phenoxy) is 2. The molecule has 4 atom stereocenters. The standard InChI is InChI=1S/C34H31ClN2O6/c1-34(32(39)40)29(21-9-13-24(35)14-10-21)28(31(38)23-7-5-4-6-8-23)30(22-11-17-26(42-2)18-12-22)37(34)33(41)36-25-15-19-27(43-3)20-16-25/h4-20,28-30H,1-3H3,(H,36,41)(H,39,40). The Morgan fingerprint density at radius 1 is 0.791 bits per heavy atom. The van der Waals surface area contributed by atoms with Crippen LogP contribution in [0.15, 0.2) is 103 Å². The first-order valence-electron chi connectivity index (χ1n) is 13.7. The van der Waals surface area contributed by atoms with Gasteiger partial charge in [-0.15, -0.1) is 0 Å². The maximum atomic E-state index is 14.5. The highest BCUT2D eigenvalue weighted by molar-refractivity contribution is 6.30. The first-order chi connectivity index (χ1) is 20.7. The maximum Gasteiger partial charge on any atom is 0.330 e. The van der Waals surface area contributed by atoms with Crippen molar-refractivity contribution in [2.45, 2.75) is 24.4 Å². The van der Waals surface area contributed by atoms with Crippen molar-refractivity contribution >= 4 is 35.1 Å². The molecule has 1 fully saturated rings. The Balaban J connectivity index is 1.74. The number of likely N-dealkylation sites (tertiary alicyclic amines) is 1. The molecule has 1 aliphatic rings. The van der Waals surface area contributed by atoms with Crippen molar-refractivity contribution in [2.75, 3.05) is 19.5 Å². The summed E-state index contributed by atoms with van der Waals surface area (Å²) >= 11 is 6.21. The van der Waals surface area contributed by atoms with E-state index < -0.39 is 35.4 Å². The van der Waals surface area contributed by atoms with Crippen LogP contribution in [0.5, 0.6) is 11.5 Å². The largest absolute Gasteiger partial charge is 0.497 e. The molecule has 4 unspecified atom stereocenters. The molecule has 2 N–H and O–H groups in total. The van der Waals surface area contributed by atoms with Crippen LogP contribution in [0.2, 0.25) is 5.02 Å². The molecule has 4 aromatic rings. The van der Waals surface area contributed by atoms with Gasteiger partial charge in [-0.2, -0.15) is 0 Å². The number of hydrogen-bond donors (Lipinski definition) is 2. The summed E-state index contributed by atoms with van der Waals surface area (Å²) < 4.78 is 10.6. The molecule has 9 heteroatoms. The third kappa shape index (κ3) is 5.53. The van der Waals surface area contributed by atoms with Gasteiger partial charge in [-0.3, -0.25) is 9.69 Å². The number of hydrogen-bond acceptors (Lipinski definition) is 5. The fourth-order valence-corrected chi connectivity index (χ4v) is 6.14. The van der Waals surface area contributed by atoms with E-state index in [0.29, 0.717) is 38.9 Å². The fraction of sp³-hybridized carbons (Fsp3) is 0.206. The number of ketones is 1. The van der Waals surface area contributed by atoms with E-state index in [2.05, 4.69) is 5.32 Å². The number of carboxylic acids is 1. The highest BCUT2D eigenvalue weighted by Crippen LogP contribution is 2.57. The Hall–Kier alpha value is -4.82. The molecule has 4 aromatic carbocycles. The molecule has 8 nitrogen and oxygen atoms in total. The minimum Gasteiger partial charge on any atom is -0.497 e. The van der Waals surface area contributed by atoms with Gasteiger partial charge in [-0.05, 0) is 66.6 Å². The number of methoxy groups -OCH3 is 2. The van der Waals surface area contributed by atoms with Crippen LogP contribution in [0.1, 0.15) is 40.4 Å². The lowest BCUT2D eigenvalue weighted by molar-refractivity contribution is -0.148. The Kier molecular flexibility index (Phi) is 8.41. The number of carboxylic acid groups (broad SMARTS) is 1. The minimum absolute atomic E-state index is 0.284. The smallest absolute Gasteiger partial charge is 0.330 e. The zero-order chi connectivity index (χ0) is 30.7. The second-order valence-electron chi connectivity index (χ2n) is 10.5. The number of aliphatic carboxylic acids is 1. The van der Waals surface area contributed by atoms with Gasteiger partial charge in [0.15, 0.2) is 5.78 Å². The average Bonchev–Trinajstić information content (AvgIpc) is 3.32. The summed E-state index contributed by atoms with van der Waals surface area (Å²) in [4.78, 5) is 43.5. The summed E-state index contributed by atoms with van der Waals surface area (Å²) in [5.74, 6) is -2.27. The Bertz CT molecular complexity index is 1610. The van der Waals surface area contributed by atoms with Crippen molar-refractivity contribution in [3.05, 3.63) is 125 Å². The third-order valence-corrected chi connectivity index (χ3v) is 8.38. The van der Waals surface area contributed by atoms with Gasteiger partial charge in [-0.25, -0.2) is 9.59 Å². The first-order valence-corrected chi connectivity index (χ1v) is 14.0. The van der Waals surface area contributed by atoms with Crippen LogP contribution in [0, 0.1) is 5.92 Å². The van der Waals surface area contributed by atoms with Gasteiger partial charge in [0.25, 0.3) is 0 Å². The number of nitrogens with one attached hydrogen (secondary N) is 1. The molecule has 0 aromatic heterocycles. The van der Waals surface area contributed by atoms with Crippen molar-refractivity contribution in [1.82, 2.24) is 4.90 Å². The third-order valence-electron chi connectivity index (χ3n) is 8.12. The molecule has 0 bridgehead atoms. The second-order valence-corrected chi connectivity index (χ2v) is 10.9. The SMILES string of the molecule is COc1ccc(NC(=O)N2C(c3ccc(OC)cc3)C(C(=O)c3ccccc3)C(c3ccc(Cl)cc3)C2(C)C(=O)O)cc1. The van der Waals surface area contributed by atoms with Crippen molar-refractivity contribution < 1.29 is 29.0 Å². The fourth-order valence-electron chi connectivity index (χ4n) is 6.01. The number of rotatable bonds is 8. The summed E-state index contributed by atoms with van der Waals surface area (Å²) in [6.07, 6.45) is 0. The number of anilines is 1. The quantitative estimate of drug-likeness (QED) is 0.210. The van der Waals surface area contributed by atoms with Crippen LogP contribution in [0.3, 0.4) is 0 Å². The normalized spacial score (nSPS) is 21.2. The Labute approximate surface area is 254 Å². The van der Waals surface area contributed by atoms with E-state index >= 15 is 0 Å². The van der Waals surface area contributed by atoms with Crippen LogP contribution in [0.25, 0.3) is 0 Å². The zero-order valence-corrected chi connectivity index (χ0v) is 24.6. The van der Waals surface area contributed by atoms with E-state index in [1.165, 1.54) is 18.9 Å². The molecular weight excluding hydrogens is 568 g/mol. The molecule has 220 valence electrons. The number of amides is 2. The van der Waals surface area contributed by atoms with Crippen molar-refractivity contribution in [1.29, 1.82) is 0 Å². The van der Waals surface area contributed by atoms with E-state index in [0.717, 1.165) is 0 Å². The van der Waals surface area contributed by atoms with Crippen molar-refractivity contribution in [3.63, 3.8) is 0 Å². The summed E-state index contributed by atoms with van der Waals surface area (Å²) in [5.41, 5.74) is 0.151. The van der Waals surface area contributed by atoms with Crippen LogP contribution < -0.4 is 14.8 Å². The zero-order valence-electron chi connectivity index (χ0n) is 23.9. The number of carbonyl (C=O) groups excluding carboxylic acids is 2. The van der Waals surface area contributed by atoms with Gasteiger partial charge in [-0.1, -0.05) is 66.2 Å². The molecule has 0 saturated carbocycles. The molecule has 0 spiro atoms. The molecule has 1 aliphatic heterocycles. The maximum absolute atomic E-state index is 14.5. The van der Waals surface area contributed by atoms with E-state index in [-0.39, 0.29) is 5.78 Å². The van der Waals surface area contributed by atoms with Crippen LogP contribution in [-0.4, -0.2) is 47.5 Å². The van der Waals surface area contributed by atoms with E-state index in [9.17, 15) is 19.5 Å². The molecule has 43 heavy (non-hydrogen) atoms. The summed E-state index contributed by atoms with van der Waals surface area (Å²) in [5, 5.41) is 14.3. The lowest BCUT2D eigenvalue weighted by Gasteiger charge is -2.37. The van der Waals surface area contributed by atoms with E-state index in [1.807, 2.05) is 0 Å². The number of urea groups is 1. The molecule has 5 rings (SSSR count). The van der Waals surface area contributed by atoms with Gasteiger partial charge in [0.2, 0.25) is 0 Å². The topological polar surface area (TPSA) is 105 Å². The van der Waals surface area contributed by atoms with Gasteiger partial charge >= 0.3 is 12.0 Å². The van der Waals surface area contributed by atoms with Gasteiger partial charge < -0.3 is 19.9 Å². The number of carbonyl (C=O) groups is 3. The lowest BCUT2D eigenvalue weighted by Crippen LogP contribution is -2.55. The first kappa shape index (κ1) is 29.7. The molecule has 2 amide bonds. The van der Waals surface area contributed by atoms with Gasteiger partial charge in [0, 0.05) is 22.2 Å². The average molecular weight is 599 g/mol. The lowest BCUT2D eigenvalue weighted by atomic mass is 9.71. The number of halogens is 1.